The predicted octanol–water partition coefficient (Wildman–Crippen LogP) is 4.91. The Labute approximate surface area is 207 Å². The quantitative estimate of drug-likeness (QED) is 0.438. The van der Waals surface area contributed by atoms with Crippen molar-refractivity contribution in [3.63, 3.8) is 0 Å². The van der Waals surface area contributed by atoms with Crippen LogP contribution in [0.25, 0.3) is 0 Å². The minimum Gasteiger partial charge on any atom is -0.460 e. The second kappa shape index (κ2) is 10.4. The van der Waals surface area contributed by atoms with Crippen LogP contribution in [0.5, 0.6) is 0 Å². The van der Waals surface area contributed by atoms with E-state index >= 15 is 0 Å². The number of esters is 1. The fraction of sp³-hybridized carbons (Fsp3) is 0.607. The van der Waals surface area contributed by atoms with Crippen molar-refractivity contribution in [1.82, 2.24) is 5.32 Å². The van der Waals surface area contributed by atoms with E-state index in [0.29, 0.717) is 23.8 Å². The molecule has 190 valence electrons. The molecule has 3 aliphatic rings. The van der Waals surface area contributed by atoms with E-state index in [-0.39, 0.29) is 30.5 Å². The van der Waals surface area contributed by atoms with Crippen LogP contribution >= 0.6 is 0 Å². The third-order valence-electron chi connectivity index (χ3n) is 7.94. The zero-order valence-corrected chi connectivity index (χ0v) is 21.1. The first kappa shape index (κ1) is 25.3. The summed E-state index contributed by atoms with van der Waals surface area (Å²) in [5, 5.41) is 2.98. The summed E-state index contributed by atoms with van der Waals surface area (Å²) in [5.41, 5.74) is -1.09. The second-order valence-corrected chi connectivity index (χ2v) is 10.6. The van der Waals surface area contributed by atoms with Gasteiger partial charge < -0.3 is 19.5 Å². The van der Waals surface area contributed by atoms with Crippen LogP contribution < -0.4 is 5.32 Å². The van der Waals surface area contributed by atoms with Crippen molar-refractivity contribution < 1.29 is 28.6 Å². The van der Waals surface area contributed by atoms with Crippen LogP contribution in [0.4, 0.5) is 4.79 Å². The Morgan fingerprint density at radius 3 is 2.49 bits per heavy atom. The summed E-state index contributed by atoms with van der Waals surface area (Å²) in [6.07, 6.45) is 5.35. The van der Waals surface area contributed by atoms with Crippen LogP contribution in [0.2, 0.25) is 0 Å². The van der Waals surface area contributed by atoms with Crippen LogP contribution in [0.1, 0.15) is 63.7 Å². The molecule has 0 spiro atoms. The van der Waals surface area contributed by atoms with Gasteiger partial charge in [-0.2, -0.15) is 0 Å². The molecule has 2 bridgehead atoms. The molecule has 0 aromatic heterocycles. The molecule has 7 heteroatoms. The average molecular weight is 484 g/mol. The molecule has 1 amide bonds. The molecule has 3 aliphatic carbocycles. The molecule has 1 aromatic rings. The Balaban J connectivity index is 1.68. The zero-order chi connectivity index (χ0) is 25.2. The fourth-order valence-electron chi connectivity index (χ4n) is 6.09. The number of carbonyl (C=O) groups is 3. The van der Waals surface area contributed by atoms with Gasteiger partial charge >= 0.3 is 12.1 Å². The van der Waals surface area contributed by atoms with E-state index in [4.69, 9.17) is 14.2 Å². The molecule has 2 saturated carbocycles. The smallest absolute Gasteiger partial charge is 0.460 e. The maximum atomic E-state index is 14.1. The van der Waals surface area contributed by atoms with Gasteiger partial charge in [0.2, 0.25) is 0 Å². The number of hydrogen-bond acceptors (Lipinski definition) is 6. The van der Waals surface area contributed by atoms with E-state index in [1.165, 1.54) is 0 Å². The van der Waals surface area contributed by atoms with Gasteiger partial charge in [0.15, 0.2) is 5.54 Å². The lowest BCUT2D eigenvalue weighted by atomic mass is 9.75. The number of carbonyl (C=O) groups excluding carboxylic acids is 3. The monoisotopic (exact) mass is 483 g/mol. The lowest BCUT2D eigenvalue weighted by Gasteiger charge is -2.42. The van der Waals surface area contributed by atoms with Crippen molar-refractivity contribution >= 4 is 18.0 Å². The van der Waals surface area contributed by atoms with E-state index in [2.05, 4.69) is 26.1 Å². The van der Waals surface area contributed by atoms with Crippen LogP contribution in [0.3, 0.4) is 0 Å². The highest BCUT2D eigenvalue weighted by molar-refractivity contribution is 5.99. The lowest BCUT2D eigenvalue weighted by molar-refractivity contribution is -0.170. The first-order valence-corrected chi connectivity index (χ1v) is 12.9. The Kier molecular flexibility index (Phi) is 7.53. The van der Waals surface area contributed by atoms with Gasteiger partial charge in [0.05, 0.1) is 6.61 Å². The molecular formula is C28H37NO6. The number of fused-ring (bicyclic) bond motifs is 2. The van der Waals surface area contributed by atoms with Gasteiger partial charge in [-0.25, -0.2) is 9.59 Å². The Morgan fingerprint density at radius 2 is 1.80 bits per heavy atom. The van der Waals surface area contributed by atoms with Crippen molar-refractivity contribution in [2.45, 2.75) is 71.1 Å². The van der Waals surface area contributed by atoms with Crippen molar-refractivity contribution in [2.75, 3.05) is 6.61 Å². The number of amides is 1. The molecule has 0 unspecified atom stereocenters. The third kappa shape index (κ3) is 4.95. The minimum absolute atomic E-state index is 0.152. The average Bonchev–Trinajstić information content (AvgIpc) is 3.41. The van der Waals surface area contributed by atoms with Crippen LogP contribution in [0, 0.1) is 29.6 Å². The number of rotatable bonds is 7. The van der Waals surface area contributed by atoms with E-state index in [1.54, 1.807) is 31.2 Å². The molecule has 7 atom stereocenters. The molecule has 0 heterocycles. The summed E-state index contributed by atoms with van der Waals surface area (Å²) in [7, 11) is 0. The third-order valence-corrected chi connectivity index (χ3v) is 7.94. The molecular weight excluding hydrogens is 446 g/mol. The first-order chi connectivity index (χ1) is 16.8. The molecule has 7 nitrogen and oxygen atoms in total. The van der Waals surface area contributed by atoms with E-state index < -0.39 is 29.7 Å². The Hall–Kier alpha value is -2.83. The van der Waals surface area contributed by atoms with Gasteiger partial charge in [0, 0.05) is 17.4 Å². The highest BCUT2D eigenvalue weighted by Gasteiger charge is 2.65. The Morgan fingerprint density at radius 1 is 1.06 bits per heavy atom. The number of ether oxygens (including phenoxy) is 3. The number of benzene rings is 1. The van der Waals surface area contributed by atoms with Crippen molar-refractivity contribution in [2.24, 2.45) is 29.6 Å². The summed E-state index contributed by atoms with van der Waals surface area (Å²) < 4.78 is 17.0. The molecule has 0 radical (unpaired) electrons. The predicted molar refractivity (Wildman–Crippen MR) is 130 cm³/mol. The topological polar surface area (TPSA) is 90.9 Å². The van der Waals surface area contributed by atoms with Crippen LogP contribution in [-0.4, -0.2) is 42.4 Å². The highest BCUT2D eigenvalue weighted by Crippen LogP contribution is 2.50. The van der Waals surface area contributed by atoms with Gasteiger partial charge in [0.25, 0.3) is 5.91 Å². The maximum absolute atomic E-state index is 14.1. The summed E-state index contributed by atoms with van der Waals surface area (Å²) in [6.45, 7) is 8.33. The fourth-order valence-corrected chi connectivity index (χ4v) is 6.09. The summed E-state index contributed by atoms with van der Waals surface area (Å²) in [6, 6.07) is 8.74. The highest BCUT2D eigenvalue weighted by atomic mass is 16.7. The lowest BCUT2D eigenvalue weighted by Crippen LogP contribution is -2.66. The molecule has 1 N–H and O–H groups in total. The summed E-state index contributed by atoms with van der Waals surface area (Å²) in [4.78, 5) is 39.8. The molecule has 0 saturated heterocycles. The van der Waals surface area contributed by atoms with Crippen molar-refractivity contribution in [3.05, 3.63) is 48.0 Å². The number of hydrogen-bond donors (Lipinski definition) is 1. The first-order valence-electron chi connectivity index (χ1n) is 12.9. The van der Waals surface area contributed by atoms with E-state index in [9.17, 15) is 14.4 Å². The normalized spacial score (nSPS) is 33.4. The van der Waals surface area contributed by atoms with Crippen LogP contribution in [0.15, 0.2) is 42.5 Å². The molecule has 1 aromatic carbocycles. The second-order valence-electron chi connectivity index (χ2n) is 10.6. The van der Waals surface area contributed by atoms with Gasteiger partial charge in [-0.15, -0.1) is 0 Å². The zero-order valence-electron chi connectivity index (χ0n) is 21.1. The van der Waals surface area contributed by atoms with Gasteiger partial charge in [-0.05, 0) is 56.1 Å². The standard InChI is InChI=1S/C28H37NO6/c1-5-33-27(32)35-24-20-12-13-21(16-20)28(24,29-25(30)19-9-7-6-8-10-19)26(31)34-23-15-18(4)11-14-22(23)17(2)3/h6-10,12-13,17-18,20-24H,5,11,14-16H2,1-4H3,(H,29,30)/t18-,20-,21+,22+,23-,24-,28+/m0/s1. The number of nitrogens with one attached hydrogen (secondary N) is 1. The van der Waals surface area contributed by atoms with Gasteiger partial charge in [0.1, 0.15) is 12.2 Å². The van der Waals surface area contributed by atoms with Crippen molar-refractivity contribution in [1.29, 1.82) is 0 Å². The summed E-state index contributed by atoms with van der Waals surface area (Å²) >= 11 is 0. The summed E-state index contributed by atoms with van der Waals surface area (Å²) in [5.74, 6) is -0.428. The SMILES string of the molecule is CCOC(=O)O[C@H]1[C@H]2C=C[C@H](C2)[C@]1(NC(=O)c1ccccc1)C(=O)O[C@H]1C[C@@H](C)CC[C@@H]1C(C)C. The minimum atomic E-state index is -1.51. The Bertz CT molecular complexity index is 959. The van der Waals surface area contributed by atoms with Crippen LogP contribution in [-0.2, 0) is 19.0 Å². The largest absolute Gasteiger partial charge is 0.508 e. The van der Waals surface area contributed by atoms with Crippen molar-refractivity contribution in [3.8, 4) is 0 Å². The molecule has 0 aliphatic heterocycles. The maximum Gasteiger partial charge on any atom is 0.508 e. The van der Waals surface area contributed by atoms with E-state index in [0.717, 1.165) is 19.3 Å². The van der Waals surface area contributed by atoms with Gasteiger partial charge in [-0.3, -0.25) is 4.79 Å². The van der Waals surface area contributed by atoms with Gasteiger partial charge in [-0.1, -0.05) is 57.5 Å². The molecule has 2 fully saturated rings. The van der Waals surface area contributed by atoms with E-state index in [1.807, 2.05) is 18.2 Å². The molecule has 35 heavy (non-hydrogen) atoms. The molecule has 4 rings (SSSR count).